The van der Waals surface area contributed by atoms with E-state index in [0.717, 1.165) is 56.6 Å². The van der Waals surface area contributed by atoms with Crippen LogP contribution in [0.3, 0.4) is 0 Å². The zero-order valence-electron chi connectivity index (χ0n) is 13.1. The van der Waals surface area contributed by atoms with Crippen LogP contribution >= 0.6 is 11.3 Å². The van der Waals surface area contributed by atoms with E-state index >= 15 is 0 Å². The molecule has 1 aromatic rings. The van der Waals surface area contributed by atoms with Crippen molar-refractivity contribution in [2.24, 2.45) is 0 Å². The Morgan fingerprint density at radius 1 is 1.45 bits per heavy atom. The Hall–Kier alpha value is -1.02. The largest absolute Gasteiger partial charge is 0.378 e. The van der Waals surface area contributed by atoms with Crippen LogP contribution in [0.25, 0.3) is 0 Å². The van der Waals surface area contributed by atoms with Crippen LogP contribution in [-0.4, -0.2) is 72.7 Å². The van der Waals surface area contributed by atoms with Gasteiger partial charge < -0.3 is 15.0 Å². The Bertz CT molecular complexity index is 493. The van der Waals surface area contributed by atoms with Crippen molar-refractivity contribution >= 4 is 17.2 Å². The number of piperazine rings is 1. The normalized spacial score (nSPS) is 23.7. The minimum absolute atomic E-state index is 0.178. The van der Waals surface area contributed by atoms with E-state index in [4.69, 9.17) is 4.74 Å². The van der Waals surface area contributed by atoms with Crippen molar-refractivity contribution in [2.45, 2.75) is 25.9 Å². The van der Waals surface area contributed by atoms with Gasteiger partial charge >= 0.3 is 0 Å². The third kappa shape index (κ3) is 4.25. The number of nitrogens with zero attached hydrogens (tertiary/aromatic N) is 3. The minimum Gasteiger partial charge on any atom is -0.378 e. The predicted octanol–water partition coefficient (Wildman–Crippen LogP) is 0.474. The lowest BCUT2D eigenvalue weighted by Crippen LogP contribution is -2.51. The topological polar surface area (TPSA) is 57.7 Å². The third-order valence-corrected chi connectivity index (χ3v) is 5.02. The number of aryl methyl sites for hydroxylation is 1. The monoisotopic (exact) mass is 324 g/mol. The van der Waals surface area contributed by atoms with Gasteiger partial charge in [0, 0.05) is 57.1 Å². The summed E-state index contributed by atoms with van der Waals surface area (Å²) in [6.45, 7) is 8.66. The van der Waals surface area contributed by atoms with E-state index in [1.807, 2.05) is 11.8 Å². The summed E-state index contributed by atoms with van der Waals surface area (Å²) in [5, 5.41) is 6.59. The van der Waals surface area contributed by atoms with E-state index in [1.54, 1.807) is 11.3 Å². The fourth-order valence-electron chi connectivity index (χ4n) is 2.96. The van der Waals surface area contributed by atoms with Crippen LogP contribution in [0, 0.1) is 6.92 Å². The summed E-state index contributed by atoms with van der Waals surface area (Å²) in [7, 11) is 0. The Balaban J connectivity index is 1.41. The average molecular weight is 324 g/mol. The van der Waals surface area contributed by atoms with Gasteiger partial charge in [-0.1, -0.05) is 0 Å². The van der Waals surface area contributed by atoms with Crippen LogP contribution in [0.1, 0.15) is 17.1 Å². The summed E-state index contributed by atoms with van der Waals surface area (Å²) in [4.78, 5) is 21.2. The molecule has 1 atom stereocenters. The number of ether oxygens (including phenoxy) is 1. The number of thiazole rings is 1. The lowest BCUT2D eigenvalue weighted by Gasteiger charge is -2.35. The summed E-state index contributed by atoms with van der Waals surface area (Å²) >= 11 is 1.70. The molecule has 2 saturated heterocycles. The molecule has 2 aliphatic heterocycles. The molecule has 3 heterocycles. The molecule has 0 unspecified atom stereocenters. The Kier molecular flexibility index (Phi) is 5.41. The summed E-state index contributed by atoms with van der Waals surface area (Å²) < 4.78 is 5.41. The van der Waals surface area contributed by atoms with Crippen molar-refractivity contribution in [3.05, 3.63) is 16.1 Å². The van der Waals surface area contributed by atoms with Crippen molar-refractivity contribution in [1.29, 1.82) is 0 Å². The van der Waals surface area contributed by atoms with Gasteiger partial charge in [0.15, 0.2) is 0 Å². The molecule has 0 aliphatic carbocycles. The number of aromatic nitrogens is 1. The molecule has 0 bridgehead atoms. The molecule has 0 aromatic carbocycles. The highest BCUT2D eigenvalue weighted by Gasteiger charge is 2.24. The van der Waals surface area contributed by atoms with Gasteiger partial charge in [0.25, 0.3) is 0 Å². The smallest absolute Gasteiger partial charge is 0.224 e. The van der Waals surface area contributed by atoms with Gasteiger partial charge in [0.2, 0.25) is 5.91 Å². The number of amides is 1. The van der Waals surface area contributed by atoms with Crippen molar-refractivity contribution in [3.8, 4) is 0 Å². The zero-order valence-corrected chi connectivity index (χ0v) is 13.9. The average Bonchev–Trinajstić information content (AvgIpc) is 2.94. The molecule has 6 nitrogen and oxygen atoms in total. The van der Waals surface area contributed by atoms with Crippen LogP contribution in [-0.2, 0) is 16.1 Å². The Morgan fingerprint density at radius 2 is 2.27 bits per heavy atom. The maximum atomic E-state index is 12.3. The molecule has 3 rings (SSSR count). The van der Waals surface area contributed by atoms with Gasteiger partial charge in [-0.05, 0) is 6.92 Å². The van der Waals surface area contributed by atoms with Gasteiger partial charge in [-0.2, -0.15) is 0 Å². The number of hydrogen-bond acceptors (Lipinski definition) is 6. The van der Waals surface area contributed by atoms with E-state index in [0.29, 0.717) is 13.0 Å². The maximum Gasteiger partial charge on any atom is 0.224 e. The highest BCUT2D eigenvalue weighted by atomic mass is 32.1. The zero-order chi connectivity index (χ0) is 15.4. The van der Waals surface area contributed by atoms with Crippen LogP contribution < -0.4 is 5.32 Å². The highest BCUT2D eigenvalue weighted by molar-refractivity contribution is 7.09. The number of rotatable bonds is 4. The number of carbonyl (C=O) groups is 1. The summed E-state index contributed by atoms with van der Waals surface area (Å²) in [5.74, 6) is 0.243. The second-order valence-corrected chi connectivity index (χ2v) is 7.01. The molecule has 1 amide bonds. The summed E-state index contributed by atoms with van der Waals surface area (Å²) in [5.41, 5.74) is 1.14. The minimum atomic E-state index is 0.178. The predicted molar refractivity (Wildman–Crippen MR) is 85.9 cm³/mol. The second kappa shape index (κ2) is 7.50. The van der Waals surface area contributed by atoms with Crippen molar-refractivity contribution in [3.63, 3.8) is 0 Å². The van der Waals surface area contributed by atoms with E-state index in [9.17, 15) is 4.79 Å². The van der Waals surface area contributed by atoms with Crippen LogP contribution in [0.5, 0.6) is 0 Å². The molecule has 122 valence electrons. The van der Waals surface area contributed by atoms with Crippen LogP contribution in [0.2, 0.25) is 0 Å². The van der Waals surface area contributed by atoms with Crippen LogP contribution in [0.15, 0.2) is 5.38 Å². The molecular formula is C15H24N4O2S. The standard InChI is InChI=1S/C15H24N4O2S/c1-12-17-14(11-22-12)9-18-3-5-19(6-4-18)15(20)8-13-10-21-7-2-16-13/h11,13,16H,2-10H2,1H3/t13-/m0/s1. The molecule has 2 aliphatic rings. The van der Waals surface area contributed by atoms with Crippen molar-refractivity contribution < 1.29 is 9.53 Å². The van der Waals surface area contributed by atoms with E-state index < -0.39 is 0 Å². The lowest BCUT2D eigenvalue weighted by atomic mass is 10.1. The van der Waals surface area contributed by atoms with Gasteiger partial charge in [-0.3, -0.25) is 9.69 Å². The lowest BCUT2D eigenvalue weighted by molar-refractivity contribution is -0.134. The first-order valence-electron chi connectivity index (χ1n) is 7.93. The molecule has 1 aromatic heterocycles. The molecule has 1 N–H and O–H groups in total. The highest BCUT2D eigenvalue weighted by Crippen LogP contribution is 2.13. The molecular weight excluding hydrogens is 300 g/mol. The van der Waals surface area contributed by atoms with E-state index in [1.165, 1.54) is 0 Å². The first kappa shape index (κ1) is 15.9. The quantitative estimate of drug-likeness (QED) is 0.873. The first-order chi connectivity index (χ1) is 10.7. The number of carbonyl (C=O) groups excluding carboxylic acids is 1. The molecule has 0 spiro atoms. The third-order valence-electron chi connectivity index (χ3n) is 4.20. The fraction of sp³-hybridized carbons (Fsp3) is 0.733. The second-order valence-electron chi connectivity index (χ2n) is 5.94. The number of nitrogens with one attached hydrogen (secondary N) is 1. The van der Waals surface area contributed by atoms with Gasteiger partial charge in [0.05, 0.1) is 23.9 Å². The van der Waals surface area contributed by atoms with Gasteiger partial charge in [0.1, 0.15) is 0 Å². The van der Waals surface area contributed by atoms with E-state index in [2.05, 4.69) is 20.6 Å². The molecule has 0 radical (unpaired) electrons. The number of morpholine rings is 1. The Labute approximate surface area is 135 Å². The molecule has 0 saturated carbocycles. The first-order valence-corrected chi connectivity index (χ1v) is 8.81. The molecule has 2 fully saturated rings. The Morgan fingerprint density at radius 3 is 2.91 bits per heavy atom. The maximum absolute atomic E-state index is 12.3. The van der Waals surface area contributed by atoms with E-state index in [-0.39, 0.29) is 11.9 Å². The van der Waals surface area contributed by atoms with Gasteiger partial charge in [-0.15, -0.1) is 11.3 Å². The van der Waals surface area contributed by atoms with Crippen LogP contribution in [0.4, 0.5) is 0 Å². The summed E-state index contributed by atoms with van der Waals surface area (Å²) in [6, 6.07) is 0.178. The SMILES string of the molecule is Cc1nc(CN2CCN(C(=O)C[C@H]3COCCN3)CC2)cs1. The fourth-order valence-corrected chi connectivity index (χ4v) is 3.56. The number of hydrogen-bond donors (Lipinski definition) is 1. The van der Waals surface area contributed by atoms with Gasteiger partial charge in [-0.25, -0.2) is 4.98 Å². The summed E-state index contributed by atoms with van der Waals surface area (Å²) in [6.07, 6.45) is 0.547. The molecule has 22 heavy (non-hydrogen) atoms. The van der Waals surface area contributed by atoms with Crippen molar-refractivity contribution in [2.75, 3.05) is 45.9 Å². The molecule has 7 heteroatoms. The van der Waals surface area contributed by atoms with Crippen molar-refractivity contribution in [1.82, 2.24) is 20.1 Å².